The number of benzene rings is 8. The van der Waals surface area contributed by atoms with E-state index in [1.165, 1.54) is 22.3 Å². The minimum Gasteiger partial charge on any atom is -0.311 e. The van der Waals surface area contributed by atoms with Crippen molar-refractivity contribution in [3.8, 4) is 22.3 Å². The molecule has 334 valence electrons. The van der Waals surface area contributed by atoms with Gasteiger partial charge in [-0.15, -0.1) is 0 Å². The molecule has 0 saturated carbocycles. The van der Waals surface area contributed by atoms with Gasteiger partial charge in [0.2, 0.25) is 0 Å². The van der Waals surface area contributed by atoms with Gasteiger partial charge in [0.15, 0.2) is 11.6 Å². The highest BCUT2D eigenvalue weighted by molar-refractivity contribution is 6.29. The first-order chi connectivity index (χ1) is 31.8. The number of carbonyl (C=O) groups is 2. The van der Waals surface area contributed by atoms with E-state index in [0.29, 0.717) is 22.3 Å². The number of aryl methyl sites for hydroxylation is 1. The summed E-state index contributed by atoms with van der Waals surface area (Å²) in [6, 6.07) is 63.2. The summed E-state index contributed by atoms with van der Waals surface area (Å²) in [6.45, 7) is 22.2. The Labute approximate surface area is 397 Å². The highest BCUT2D eigenvalue weighted by Crippen LogP contribution is 2.41. The smallest absolute Gasteiger partial charge is 0.194 e. The average Bonchev–Trinajstić information content (AvgIpc) is 3.31. The lowest BCUT2D eigenvalue weighted by atomic mass is 9.81. The van der Waals surface area contributed by atoms with E-state index >= 15 is 0 Å². The Morgan fingerprint density at radius 1 is 0.284 bits per heavy atom. The van der Waals surface area contributed by atoms with E-state index in [1.807, 2.05) is 36.4 Å². The van der Waals surface area contributed by atoms with Gasteiger partial charge in [-0.3, -0.25) is 9.59 Å². The van der Waals surface area contributed by atoms with Crippen LogP contribution in [0, 0.1) is 6.92 Å². The van der Waals surface area contributed by atoms with Crippen molar-refractivity contribution in [2.75, 3.05) is 9.80 Å². The zero-order valence-electron chi connectivity index (χ0n) is 40.5. The van der Waals surface area contributed by atoms with Crippen LogP contribution in [0.2, 0.25) is 0 Å². The Morgan fingerprint density at radius 3 is 0.791 bits per heavy atom. The Hall–Kier alpha value is -7.30. The maximum absolute atomic E-state index is 14.2. The van der Waals surface area contributed by atoms with Crippen molar-refractivity contribution in [2.45, 2.75) is 85.5 Å². The van der Waals surface area contributed by atoms with Gasteiger partial charge in [-0.2, -0.15) is 0 Å². The molecule has 67 heavy (non-hydrogen) atoms. The molecule has 0 aliphatic heterocycles. The van der Waals surface area contributed by atoms with E-state index in [0.717, 1.165) is 56.4 Å². The minimum atomic E-state index is -0.139. The second-order valence-corrected chi connectivity index (χ2v) is 21.2. The predicted molar refractivity (Wildman–Crippen MR) is 281 cm³/mol. The standard InChI is InChI=1S/C63H60N2O2/c1-41-11-25-49(26-12-41)64(52-31-19-46(20-32-52)61(2,3)4)50-27-13-42(14-28-50)44-17-37-55-57(39-44)59(66)56-38-18-45(40-58(56)60(55)67)43-15-29-51(30-16-43)65(53-33-21-47(22-34-53)62(5,6)7)54-35-23-48(24-36-54)63(8,9)10/h11-40H,1-10H3. The van der Waals surface area contributed by atoms with Crippen molar-refractivity contribution in [1.29, 1.82) is 0 Å². The Bertz CT molecular complexity index is 3050. The summed E-state index contributed by atoms with van der Waals surface area (Å²) in [5, 5.41) is 0. The van der Waals surface area contributed by atoms with Crippen LogP contribution in [-0.4, -0.2) is 11.6 Å². The topological polar surface area (TPSA) is 40.6 Å². The molecule has 0 radical (unpaired) electrons. The van der Waals surface area contributed by atoms with Crippen LogP contribution < -0.4 is 9.80 Å². The van der Waals surface area contributed by atoms with E-state index in [-0.39, 0.29) is 27.8 Å². The lowest BCUT2D eigenvalue weighted by Crippen LogP contribution is -2.21. The quantitative estimate of drug-likeness (QED) is 0.152. The number of ketones is 2. The second kappa shape index (κ2) is 17.2. The van der Waals surface area contributed by atoms with Crippen LogP contribution in [0.1, 0.15) is 116 Å². The van der Waals surface area contributed by atoms with E-state index in [1.54, 1.807) is 0 Å². The number of nitrogens with zero attached hydrogens (tertiary/aromatic N) is 2. The van der Waals surface area contributed by atoms with Crippen LogP contribution in [0.15, 0.2) is 182 Å². The predicted octanol–water partition coefficient (Wildman–Crippen LogP) is 16.9. The summed E-state index contributed by atoms with van der Waals surface area (Å²) in [5.74, 6) is -0.278. The highest BCUT2D eigenvalue weighted by atomic mass is 16.1. The van der Waals surface area contributed by atoms with Gasteiger partial charge in [0, 0.05) is 56.4 Å². The van der Waals surface area contributed by atoms with E-state index in [2.05, 4.69) is 225 Å². The van der Waals surface area contributed by atoms with Crippen LogP contribution in [0.3, 0.4) is 0 Å². The number of hydrogen-bond donors (Lipinski definition) is 0. The molecule has 4 heteroatoms. The van der Waals surface area contributed by atoms with Gasteiger partial charge in [-0.1, -0.05) is 153 Å². The fraction of sp³-hybridized carbons (Fsp3) is 0.206. The normalized spacial score (nSPS) is 12.7. The molecule has 8 aromatic carbocycles. The van der Waals surface area contributed by atoms with Crippen molar-refractivity contribution in [1.82, 2.24) is 0 Å². The lowest BCUT2D eigenvalue weighted by molar-refractivity contribution is 0.0979. The molecular weight excluding hydrogens is 817 g/mol. The van der Waals surface area contributed by atoms with Gasteiger partial charge >= 0.3 is 0 Å². The SMILES string of the molecule is Cc1ccc(N(c2ccc(-c3ccc4c(c3)C(=O)c3ccc(-c5ccc(N(c6ccc(C(C)(C)C)cc6)c6ccc(C(C)(C)C)cc6)cc5)cc3C4=O)cc2)c2ccc(C(C)(C)C)cc2)cc1. The third kappa shape index (κ3) is 9.01. The summed E-state index contributed by atoms with van der Waals surface area (Å²) < 4.78 is 0. The average molecular weight is 877 g/mol. The van der Waals surface area contributed by atoms with Crippen molar-refractivity contribution in [3.05, 3.63) is 226 Å². The molecule has 9 rings (SSSR count). The Morgan fingerprint density at radius 2 is 0.522 bits per heavy atom. The summed E-state index contributed by atoms with van der Waals surface area (Å²) in [4.78, 5) is 33.0. The van der Waals surface area contributed by atoms with Gasteiger partial charge in [-0.25, -0.2) is 0 Å². The molecule has 4 nitrogen and oxygen atoms in total. The number of fused-ring (bicyclic) bond motifs is 2. The molecule has 8 aromatic rings. The van der Waals surface area contributed by atoms with Gasteiger partial charge in [0.05, 0.1) is 0 Å². The number of anilines is 6. The third-order valence-corrected chi connectivity index (χ3v) is 13.2. The maximum Gasteiger partial charge on any atom is 0.194 e. The number of rotatable bonds is 8. The van der Waals surface area contributed by atoms with Crippen LogP contribution in [0.5, 0.6) is 0 Å². The molecule has 1 aliphatic rings. The third-order valence-electron chi connectivity index (χ3n) is 13.2. The van der Waals surface area contributed by atoms with Crippen LogP contribution in [0.4, 0.5) is 34.1 Å². The van der Waals surface area contributed by atoms with Gasteiger partial charge in [0.25, 0.3) is 0 Å². The van der Waals surface area contributed by atoms with E-state index < -0.39 is 0 Å². The minimum absolute atomic E-state index is 0.0467. The van der Waals surface area contributed by atoms with Crippen molar-refractivity contribution < 1.29 is 9.59 Å². The van der Waals surface area contributed by atoms with E-state index in [9.17, 15) is 9.59 Å². The molecule has 0 atom stereocenters. The first-order valence-electron chi connectivity index (χ1n) is 23.4. The molecule has 0 N–H and O–H groups in total. The van der Waals surface area contributed by atoms with Crippen molar-refractivity contribution in [3.63, 3.8) is 0 Å². The van der Waals surface area contributed by atoms with Gasteiger partial charge in [0.1, 0.15) is 0 Å². The summed E-state index contributed by atoms with van der Waals surface area (Å²) in [7, 11) is 0. The molecule has 1 aliphatic carbocycles. The Balaban J connectivity index is 0.981. The molecular formula is C63H60N2O2. The molecule has 0 aromatic heterocycles. The zero-order chi connectivity index (χ0) is 47.4. The first kappa shape index (κ1) is 44.9. The monoisotopic (exact) mass is 876 g/mol. The fourth-order valence-corrected chi connectivity index (χ4v) is 9.04. The first-order valence-corrected chi connectivity index (χ1v) is 23.4. The fourth-order valence-electron chi connectivity index (χ4n) is 9.04. The van der Waals surface area contributed by atoms with Crippen LogP contribution in [-0.2, 0) is 16.2 Å². The molecule has 0 amide bonds. The molecule has 0 fully saturated rings. The van der Waals surface area contributed by atoms with Crippen molar-refractivity contribution in [2.24, 2.45) is 0 Å². The molecule has 0 bridgehead atoms. The van der Waals surface area contributed by atoms with Crippen molar-refractivity contribution >= 4 is 45.7 Å². The molecule has 0 spiro atoms. The van der Waals surface area contributed by atoms with Gasteiger partial charge < -0.3 is 9.80 Å². The Kier molecular flexibility index (Phi) is 11.5. The highest BCUT2D eigenvalue weighted by Gasteiger charge is 2.31. The maximum atomic E-state index is 14.2. The number of hydrogen-bond acceptors (Lipinski definition) is 4. The lowest BCUT2D eigenvalue weighted by Gasteiger charge is -2.28. The second-order valence-electron chi connectivity index (χ2n) is 21.2. The largest absolute Gasteiger partial charge is 0.311 e. The zero-order valence-corrected chi connectivity index (χ0v) is 40.5. The molecule has 0 saturated heterocycles. The summed E-state index contributed by atoms with van der Waals surface area (Å²) >= 11 is 0. The number of carbonyl (C=O) groups excluding carboxylic acids is 2. The molecule has 0 heterocycles. The molecule has 0 unspecified atom stereocenters. The van der Waals surface area contributed by atoms with Crippen LogP contribution in [0.25, 0.3) is 22.3 Å². The summed E-state index contributed by atoms with van der Waals surface area (Å²) in [6.07, 6.45) is 0. The van der Waals surface area contributed by atoms with E-state index in [4.69, 9.17) is 0 Å². The summed E-state index contributed by atoms with van der Waals surface area (Å²) in [5.41, 5.74) is 16.9. The van der Waals surface area contributed by atoms with Gasteiger partial charge in [-0.05, 0) is 159 Å². The van der Waals surface area contributed by atoms with Crippen LogP contribution >= 0.6 is 0 Å².